The van der Waals surface area contributed by atoms with Gasteiger partial charge < -0.3 is 11.1 Å². The Morgan fingerprint density at radius 2 is 1.79 bits per heavy atom. The summed E-state index contributed by atoms with van der Waals surface area (Å²) in [6, 6.07) is 13.9. The average molecular weight is 497 g/mol. The Morgan fingerprint density at radius 1 is 1.03 bits per heavy atom. The van der Waals surface area contributed by atoms with Gasteiger partial charge in [-0.25, -0.2) is 4.39 Å². The van der Waals surface area contributed by atoms with Crippen LogP contribution in [0.5, 0.6) is 0 Å². The molecule has 1 fully saturated rings. The summed E-state index contributed by atoms with van der Waals surface area (Å²) in [6.07, 6.45) is 4.51. The van der Waals surface area contributed by atoms with Gasteiger partial charge in [0, 0.05) is 17.3 Å². The topological polar surface area (TPSA) is 107 Å². The quantitative estimate of drug-likeness (QED) is 0.316. The van der Waals surface area contributed by atoms with Gasteiger partial charge in [-0.05, 0) is 49.2 Å². The molecule has 34 heavy (non-hydrogen) atoms. The first-order valence-electron chi connectivity index (χ1n) is 10.9. The molecule has 8 nitrogen and oxygen atoms in total. The number of nitrogens with one attached hydrogen (secondary N) is 1. The Labute approximate surface area is 205 Å². The first-order chi connectivity index (χ1) is 16.6. The molecule has 0 radical (unpaired) electrons. The molecular weight excluding hydrogens is 475 g/mol. The molecule has 0 bridgehead atoms. The first kappa shape index (κ1) is 22.5. The van der Waals surface area contributed by atoms with Crippen LogP contribution in [-0.4, -0.2) is 29.7 Å². The van der Waals surface area contributed by atoms with Gasteiger partial charge in [-0.3, -0.25) is 4.57 Å². The lowest BCUT2D eigenvalue weighted by Gasteiger charge is -2.17. The number of aromatic nitrogens is 6. The number of rotatable bonds is 7. The summed E-state index contributed by atoms with van der Waals surface area (Å²) in [4.78, 5) is 12.9. The van der Waals surface area contributed by atoms with E-state index in [1.807, 2.05) is 24.3 Å². The van der Waals surface area contributed by atoms with Gasteiger partial charge in [0.1, 0.15) is 11.6 Å². The zero-order valence-corrected chi connectivity index (χ0v) is 19.7. The van der Waals surface area contributed by atoms with E-state index >= 15 is 0 Å². The van der Waals surface area contributed by atoms with Gasteiger partial charge in [0.15, 0.2) is 11.0 Å². The van der Waals surface area contributed by atoms with E-state index in [1.165, 1.54) is 36.7 Å². The van der Waals surface area contributed by atoms with E-state index in [2.05, 4.69) is 35.0 Å². The van der Waals surface area contributed by atoms with Crippen LogP contribution < -0.4 is 11.1 Å². The van der Waals surface area contributed by atoms with Crippen molar-refractivity contribution in [3.63, 3.8) is 0 Å². The van der Waals surface area contributed by atoms with E-state index in [-0.39, 0.29) is 11.8 Å². The minimum Gasteiger partial charge on any atom is -0.368 e. The van der Waals surface area contributed by atoms with E-state index in [0.29, 0.717) is 34.3 Å². The molecule has 2 aromatic heterocycles. The van der Waals surface area contributed by atoms with Crippen molar-refractivity contribution < 1.29 is 4.39 Å². The fraction of sp³-hybridized carbons (Fsp3) is 0.261. The second-order valence-electron chi connectivity index (χ2n) is 7.95. The Kier molecular flexibility index (Phi) is 6.59. The number of thioether (sulfide) groups is 1. The Bertz CT molecular complexity index is 1290. The molecule has 0 saturated heterocycles. The lowest BCUT2D eigenvalue weighted by molar-refractivity contribution is 0.485. The van der Waals surface area contributed by atoms with Crippen molar-refractivity contribution >= 4 is 40.9 Å². The fourth-order valence-electron chi connectivity index (χ4n) is 4.04. The lowest BCUT2D eigenvalue weighted by Crippen LogP contribution is -2.09. The largest absolute Gasteiger partial charge is 0.368 e. The van der Waals surface area contributed by atoms with Crippen LogP contribution in [0.1, 0.15) is 37.5 Å². The van der Waals surface area contributed by atoms with Crippen molar-refractivity contribution in [2.45, 2.75) is 42.6 Å². The molecule has 2 aromatic carbocycles. The summed E-state index contributed by atoms with van der Waals surface area (Å²) < 4.78 is 15.4. The van der Waals surface area contributed by atoms with E-state index in [0.717, 1.165) is 29.4 Å². The number of hydrogen-bond acceptors (Lipinski definition) is 8. The third kappa shape index (κ3) is 4.97. The molecule has 3 N–H and O–H groups in total. The minimum absolute atomic E-state index is 0.101. The molecular formula is C23H22ClFN8S. The van der Waals surface area contributed by atoms with Gasteiger partial charge >= 0.3 is 0 Å². The highest BCUT2D eigenvalue weighted by molar-refractivity contribution is 7.98. The third-order valence-electron chi connectivity index (χ3n) is 5.60. The molecule has 5 rings (SSSR count). The molecule has 0 atom stereocenters. The van der Waals surface area contributed by atoms with Gasteiger partial charge in [-0.1, -0.05) is 48.3 Å². The van der Waals surface area contributed by atoms with Crippen LogP contribution in [0, 0.1) is 5.82 Å². The molecule has 4 aromatic rings. The van der Waals surface area contributed by atoms with Gasteiger partial charge in [0.05, 0.1) is 10.8 Å². The summed E-state index contributed by atoms with van der Waals surface area (Å²) in [5.41, 5.74) is 7.43. The summed E-state index contributed by atoms with van der Waals surface area (Å²) in [6.45, 7) is 0. The monoisotopic (exact) mass is 496 g/mol. The predicted octanol–water partition coefficient (Wildman–Crippen LogP) is 5.66. The van der Waals surface area contributed by atoms with Crippen LogP contribution in [0.2, 0.25) is 5.02 Å². The number of hydrogen-bond donors (Lipinski definition) is 2. The molecule has 0 unspecified atom stereocenters. The van der Waals surface area contributed by atoms with Crippen molar-refractivity contribution in [2.24, 2.45) is 0 Å². The molecule has 1 aliphatic carbocycles. The normalized spacial score (nSPS) is 13.9. The number of nitrogens with zero attached hydrogens (tertiary/aromatic N) is 6. The zero-order chi connectivity index (χ0) is 23.5. The second kappa shape index (κ2) is 9.94. The summed E-state index contributed by atoms with van der Waals surface area (Å²) in [5, 5.41) is 13.4. The fourth-order valence-corrected chi connectivity index (χ4v) is 5.12. The molecule has 0 amide bonds. The molecule has 2 heterocycles. The number of benzene rings is 2. The third-order valence-corrected chi connectivity index (χ3v) is 6.87. The average Bonchev–Trinajstić information content (AvgIpc) is 3.49. The van der Waals surface area contributed by atoms with Crippen molar-refractivity contribution in [3.05, 3.63) is 65.2 Å². The van der Waals surface area contributed by atoms with Crippen molar-refractivity contribution in [3.8, 4) is 11.4 Å². The highest BCUT2D eigenvalue weighted by Gasteiger charge is 2.26. The zero-order valence-electron chi connectivity index (χ0n) is 18.2. The Hall–Kier alpha value is -3.24. The van der Waals surface area contributed by atoms with Crippen molar-refractivity contribution in [1.29, 1.82) is 0 Å². The number of anilines is 3. The number of halogens is 2. The van der Waals surface area contributed by atoms with Crippen LogP contribution in [0.4, 0.5) is 22.0 Å². The maximum Gasteiger partial charge on any atom is 0.232 e. The summed E-state index contributed by atoms with van der Waals surface area (Å²) in [5.74, 6) is 1.78. The van der Waals surface area contributed by atoms with Crippen molar-refractivity contribution in [2.75, 3.05) is 11.1 Å². The van der Waals surface area contributed by atoms with Gasteiger partial charge in [0.25, 0.3) is 0 Å². The van der Waals surface area contributed by atoms with E-state index in [4.69, 9.17) is 17.3 Å². The van der Waals surface area contributed by atoms with Crippen LogP contribution in [0.15, 0.2) is 53.7 Å². The number of nitrogens with two attached hydrogens (primary N) is 1. The SMILES string of the molecule is Nc1nc(CSc2nnc(-c3ccccc3Cl)n2C2CCCC2)nc(Nc2ccc(F)cc2)n1. The molecule has 1 aliphatic rings. The van der Waals surface area contributed by atoms with Crippen LogP contribution in [-0.2, 0) is 5.75 Å². The van der Waals surface area contributed by atoms with Crippen LogP contribution in [0.25, 0.3) is 11.4 Å². The Balaban J connectivity index is 1.39. The summed E-state index contributed by atoms with van der Waals surface area (Å²) >= 11 is 7.97. The first-order valence-corrected chi connectivity index (χ1v) is 12.3. The van der Waals surface area contributed by atoms with Gasteiger partial charge in [0.2, 0.25) is 11.9 Å². The van der Waals surface area contributed by atoms with Crippen LogP contribution in [0.3, 0.4) is 0 Å². The maximum atomic E-state index is 13.2. The molecule has 0 aliphatic heterocycles. The highest BCUT2D eigenvalue weighted by Crippen LogP contribution is 2.38. The minimum atomic E-state index is -0.319. The van der Waals surface area contributed by atoms with Crippen LogP contribution >= 0.6 is 23.4 Å². The standard InChI is InChI=1S/C23H22ClFN8S/c24-18-8-4-3-7-17(18)20-31-32-23(33(20)16-5-1-2-6-16)34-13-19-28-21(26)30-22(29-19)27-15-11-9-14(25)10-12-15/h3-4,7-12,16H,1-2,5-6,13H2,(H3,26,27,28,29,30). The summed E-state index contributed by atoms with van der Waals surface area (Å²) in [7, 11) is 0. The molecule has 1 saturated carbocycles. The lowest BCUT2D eigenvalue weighted by atomic mass is 10.2. The molecule has 0 spiro atoms. The van der Waals surface area contributed by atoms with E-state index < -0.39 is 0 Å². The highest BCUT2D eigenvalue weighted by atomic mass is 35.5. The van der Waals surface area contributed by atoms with Gasteiger partial charge in [-0.2, -0.15) is 15.0 Å². The van der Waals surface area contributed by atoms with E-state index in [9.17, 15) is 4.39 Å². The molecule has 174 valence electrons. The second-order valence-corrected chi connectivity index (χ2v) is 9.30. The maximum absolute atomic E-state index is 13.2. The Morgan fingerprint density at radius 3 is 2.56 bits per heavy atom. The smallest absolute Gasteiger partial charge is 0.232 e. The number of nitrogen functional groups attached to an aromatic ring is 1. The predicted molar refractivity (Wildman–Crippen MR) is 131 cm³/mol. The van der Waals surface area contributed by atoms with Gasteiger partial charge in [-0.15, -0.1) is 10.2 Å². The van der Waals surface area contributed by atoms with Crippen molar-refractivity contribution in [1.82, 2.24) is 29.7 Å². The molecule has 11 heteroatoms. The van der Waals surface area contributed by atoms with E-state index in [1.54, 1.807) is 12.1 Å².